The van der Waals surface area contributed by atoms with Gasteiger partial charge in [-0.05, 0) is 138 Å². The second-order valence-electron chi connectivity index (χ2n) is 23.6. The van der Waals surface area contributed by atoms with Gasteiger partial charge in [0.25, 0.3) is 0 Å². The van der Waals surface area contributed by atoms with Gasteiger partial charge >= 0.3 is 5.97 Å². The third-order valence-corrected chi connectivity index (χ3v) is 12.7. The molecule has 22 heteroatoms. The summed E-state index contributed by atoms with van der Waals surface area (Å²) in [5.74, 6) is -0.473. The molecule has 0 aliphatic carbocycles. The topological polar surface area (TPSA) is 211 Å². The molecule has 0 heterocycles. The van der Waals surface area contributed by atoms with Crippen molar-refractivity contribution in [2.24, 2.45) is 0 Å². The molecule has 0 N–H and O–H groups in total. The molecule has 0 amide bonds. The van der Waals surface area contributed by atoms with E-state index in [0.717, 1.165) is 6.08 Å². The van der Waals surface area contributed by atoms with E-state index in [4.69, 9.17) is 99.5 Å². The van der Waals surface area contributed by atoms with Gasteiger partial charge in [0.2, 0.25) is 0 Å². The van der Waals surface area contributed by atoms with Crippen molar-refractivity contribution < 1.29 is 104 Å². The Balaban J connectivity index is 4.04. The lowest BCUT2D eigenvalue weighted by Crippen LogP contribution is -2.31. The number of hydrogen-bond donors (Lipinski definition) is 0. The van der Waals surface area contributed by atoms with Crippen molar-refractivity contribution in [3.8, 4) is 0 Å². The first-order valence-electron chi connectivity index (χ1n) is 31.7. The van der Waals surface area contributed by atoms with E-state index >= 15 is 0 Å². The highest BCUT2D eigenvalue weighted by Crippen LogP contribution is 2.11. The number of methoxy groups -OCH3 is 1. The number of ether oxygens (including phenoxy) is 21. The standard InChI is InChI=1S/C64H126O22/c1-23-64(65)86-43-63(21)85-42-62(20)84-41-61(19)83-40-60(18)82-39-59(17)81-38-58(16)80-37-57(15)79-36-56(14)78-35-55(13)77-34-54(12)76-33-53(11)75-32-52(10)74-31-51(9)73-30-50(8)72-29-49(7)71-28-48(6)70-27-47(5)69-26-46(4)68-25-45(3)67-24-44(2)66-22/h23,44-63H,1,24-43H2,2-22H3. The molecule has 0 aromatic carbocycles. The SMILES string of the molecule is C=CC(=O)OCC(C)OCC(C)OCC(C)OCC(C)OCC(C)OCC(C)OCC(C)OCC(C)OCC(C)OCC(C)OCC(C)OCC(C)OCC(C)OCC(C)OCC(C)OCC(C)OCC(C)OCC(C)OCC(C)OCC(C)OC. The molecule has 0 rings (SSSR count). The van der Waals surface area contributed by atoms with E-state index in [1.165, 1.54) is 0 Å². The van der Waals surface area contributed by atoms with Crippen molar-refractivity contribution in [2.75, 3.05) is 139 Å². The van der Waals surface area contributed by atoms with Crippen LogP contribution in [-0.4, -0.2) is 267 Å². The molecule has 0 aromatic heterocycles. The molecule has 0 radical (unpaired) electrons. The lowest BCUT2D eigenvalue weighted by Gasteiger charge is -2.24. The number of hydrogen-bond acceptors (Lipinski definition) is 22. The molecule has 0 aliphatic rings. The van der Waals surface area contributed by atoms with Gasteiger partial charge in [-0.3, -0.25) is 0 Å². The van der Waals surface area contributed by atoms with Gasteiger partial charge in [0.05, 0.1) is 248 Å². The molecular formula is C64H126O22. The first-order valence-corrected chi connectivity index (χ1v) is 31.7. The molecule has 0 bridgehead atoms. The number of carbonyl (C=O) groups is 1. The molecule has 0 saturated carbocycles. The average molecular weight is 1250 g/mol. The minimum absolute atomic E-state index is 0.0236. The zero-order valence-corrected chi connectivity index (χ0v) is 57.5. The lowest BCUT2D eigenvalue weighted by atomic mass is 10.3. The summed E-state index contributed by atoms with van der Waals surface area (Å²) < 4.78 is 123. The van der Waals surface area contributed by atoms with Crippen LogP contribution in [0.5, 0.6) is 0 Å². The van der Waals surface area contributed by atoms with Crippen LogP contribution in [0.2, 0.25) is 0 Å². The van der Waals surface area contributed by atoms with Crippen LogP contribution >= 0.6 is 0 Å². The second kappa shape index (κ2) is 53.0. The number of rotatable bonds is 61. The zero-order chi connectivity index (χ0) is 64.8. The molecule has 0 aromatic rings. The van der Waals surface area contributed by atoms with E-state index in [2.05, 4.69) is 6.58 Å². The summed E-state index contributed by atoms with van der Waals surface area (Å²) in [6, 6.07) is 0. The molecule has 20 unspecified atom stereocenters. The zero-order valence-electron chi connectivity index (χ0n) is 57.5. The first kappa shape index (κ1) is 84.4. The summed E-state index contributed by atoms with van der Waals surface area (Å²) in [6.45, 7) is 51.2. The van der Waals surface area contributed by atoms with Gasteiger partial charge in [-0.2, -0.15) is 0 Å². The van der Waals surface area contributed by atoms with Gasteiger partial charge in [0.1, 0.15) is 6.61 Å². The Labute approximate surface area is 521 Å². The summed E-state index contributed by atoms with van der Waals surface area (Å²) in [4.78, 5) is 11.2. The quantitative estimate of drug-likeness (QED) is 0.0413. The van der Waals surface area contributed by atoms with Crippen molar-refractivity contribution >= 4 is 5.97 Å². The summed E-state index contributed by atoms with van der Waals surface area (Å²) in [5, 5.41) is 0. The van der Waals surface area contributed by atoms with Gasteiger partial charge < -0.3 is 99.5 Å². The smallest absolute Gasteiger partial charge is 0.330 e. The Morgan fingerprint density at radius 1 is 0.221 bits per heavy atom. The summed E-state index contributed by atoms with van der Waals surface area (Å²) in [7, 11) is 1.67. The van der Waals surface area contributed by atoms with Crippen LogP contribution in [0.4, 0.5) is 0 Å². The Morgan fingerprint density at radius 2 is 0.326 bits per heavy atom. The van der Waals surface area contributed by atoms with Gasteiger partial charge in [-0.25, -0.2) is 4.79 Å². The highest BCUT2D eigenvalue weighted by Gasteiger charge is 2.20. The van der Waals surface area contributed by atoms with Crippen molar-refractivity contribution in [1.82, 2.24) is 0 Å². The molecule has 0 fully saturated rings. The summed E-state index contributed by atoms with van der Waals surface area (Å²) >= 11 is 0. The largest absolute Gasteiger partial charge is 0.460 e. The maximum atomic E-state index is 11.2. The van der Waals surface area contributed by atoms with Crippen molar-refractivity contribution in [2.45, 2.75) is 261 Å². The Hall–Kier alpha value is -1.59. The van der Waals surface area contributed by atoms with Crippen molar-refractivity contribution in [1.29, 1.82) is 0 Å². The summed E-state index contributed by atoms with van der Waals surface area (Å²) in [6.07, 6.45) is -1.03. The number of carbonyl (C=O) groups excluding carboxylic acids is 1. The molecule has 0 aliphatic heterocycles. The predicted molar refractivity (Wildman–Crippen MR) is 330 cm³/mol. The molecular weight excluding hydrogens is 1120 g/mol. The molecule has 0 saturated heterocycles. The molecule has 22 nitrogen and oxygen atoms in total. The van der Waals surface area contributed by atoms with Crippen LogP contribution in [0.15, 0.2) is 12.7 Å². The fourth-order valence-corrected chi connectivity index (χ4v) is 6.94. The van der Waals surface area contributed by atoms with Crippen LogP contribution < -0.4 is 0 Å². The van der Waals surface area contributed by atoms with Crippen LogP contribution in [0.25, 0.3) is 0 Å². The third kappa shape index (κ3) is 52.1. The van der Waals surface area contributed by atoms with E-state index in [1.54, 1.807) is 7.11 Å². The van der Waals surface area contributed by atoms with E-state index in [9.17, 15) is 4.79 Å². The van der Waals surface area contributed by atoms with Gasteiger partial charge in [-0.15, -0.1) is 0 Å². The molecule has 0 spiro atoms. The second-order valence-corrected chi connectivity index (χ2v) is 23.6. The van der Waals surface area contributed by atoms with Crippen LogP contribution in [0.1, 0.15) is 138 Å². The maximum absolute atomic E-state index is 11.2. The van der Waals surface area contributed by atoms with Crippen LogP contribution in [0, 0.1) is 0 Å². The fraction of sp³-hybridized carbons (Fsp3) is 0.953. The van der Waals surface area contributed by atoms with Crippen molar-refractivity contribution in [3.63, 3.8) is 0 Å². The third-order valence-electron chi connectivity index (χ3n) is 12.7. The van der Waals surface area contributed by atoms with Crippen LogP contribution in [0.3, 0.4) is 0 Å². The van der Waals surface area contributed by atoms with E-state index in [1.807, 2.05) is 138 Å². The van der Waals surface area contributed by atoms with Crippen LogP contribution in [-0.2, 0) is 104 Å². The van der Waals surface area contributed by atoms with Gasteiger partial charge in [0.15, 0.2) is 0 Å². The number of esters is 1. The first-order chi connectivity index (χ1) is 40.7. The maximum Gasteiger partial charge on any atom is 0.330 e. The van der Waals surface area contributed by atoms with E-state index in [0.29, 0.717) is 126 Å². The average Bonchev–Trinajstić information content (AvgIpc) is 3.50. The Kier molecular flexibility index (Phi) is 52.0. The highest BCUT2D eigenvalue weighted by atomic mass is 16.6. The van der Waals surface area contributed by atoms with Gasteiger partial charge in [0, 0.05) is 13.2 Å². The summed E-state index contributed by atoms with van der Waals surface area (Å²) in [5.41, 5.74) is 0. The normalized spacial score (nSPS) is 19.3. The van der Waals surface area contributed by atoms with E-state index in [-0.39, 0.29) is 129 Å². The Bertz CT molecular complexity index is 1560. The minimum atomic E-state index is -0.473. The fourth-order valence-electron chi connectivity index (χ4n) is 6.94. The lowest BCUT2D eigenvalue weighted by molar-refractivity contribution is -0.143. The molecule has 86 heavy (non-hydrogen) atoms. The molecule has 20 atom stereocenters. The monoisotopic (exact) mass is 1250 g/mol. The molecule has 514 valence electrons. The minimum Gasteiger partial charge on any atom is -0.460 e. The van der Waals surface area contributed by atoms with Gasteiger partial charge in [-0.1, -0.05) is 6.58 Å². The Morgan fingerprint density at radius 3 is 0.430 bits per heavy atom. The predicted octanol–water partition coefficient (Wildman–Crippen LogP) is 8.45. The van der Waals surface area contributed by atoms with E-state index < -0.39 is 5.97 Å². The van der Waals surface area contributed by atoms with Crippen molar-refractivity contribution in [3.05, 3.63) is 12.7 Å². The highest BCUT2D eigenvalue weighted by molar-refractivity contribution is 5.81.